The van der Waals surface area contributed by atoms with Crippen LogP contribution in [-0.2, 0) is 0 Å². The Hall–Kier alpha value is -1.65. The van der Waals surface area contributed by atoms with E-state index in [0.717, 1.165) is 12.8 Å². The molecule has 0 unspecified atom stereocenters. The van der Waals surface area contributed by atoms with E-state index in [1.165, 1.54) is 12.5 Å². The Morgan fingerprint density at radius 3 is 2.69 bits per heavy atom. The van der Waals surface area contributed by atoms with E-state index in [0.29, 0.717) is 17.7 Å². The molecule has 5 nitrogen and oxygen atoms in total. The fraction of sp³-hybridized carbons (Fsp3) is 0.545. The molecular formula is C11H15N3O2. The Kier molecular flexibility index (Phi) is 2.77. The molecule has 5 heteroatoms. The van der Waals surface area contributed by atoms with Crippen LogP contribution in [-0.4, -0.2) is 34.1 Å². The number of hydrogen-bond donors (Lipinski definition) is 1. The fourth-order valence-corrected chi connectivity index (χ4v) is 1.76. The lowest BCUT2D eigenvalue weighted by Crippen LogP contribution is -2.38. The highest BCUT2D eigenvalue weighted by Crippen LogP contribution is 2.26. The van der Waals surface area contributed by atoms with Gasteiger partial charge >= 0.3 is 5.97 Å². The van der Waals surface area contributed by atoms with Crippen molar-refractivity contribution in [2.24, 2.45) is 0 Å². The molecule has 0 aromatic carbocycles. The molecule has 86 valence electrons. The summed E-state index contributed by atoms with van der Waals surface area (Å²) in [4.78, 5) is 21.2. The van der Waals surface area contributed by atoms with E-state index >= 15 is 0 Å². The molecule has 1 aromatic heterocycles. The van der Waals surface area contributed by atoms with Crippen LogP contribution in [0.15, 0.2) is 6.07 Å². The second-order valence-corrected chi connectivity index (χ2v) is 4.20. The van der Waals surface area contributed by atoms with Crippen LogP contribution >= 0.6 is 0 Å². The molecule has 0 atom stereocenters. The number of anilines is 1. The second kappa shape index (κ2) is 4.08. The summed E-state index contributed by atoms with van der Waals surface area (Å²) in [6.07, 6.45) is 3.50. The van der Waals surface area contributed by atoms with Gasteiger partial charge in [-0.25, -0.2) is 14.8 Å². The van der Waals surface area contributed by atoms with Crippen LogP contribution in [0.5, 0.6) is 0 Å². The summed E-state index contributed by atoms with van der Waals surface area (Å²) >= 11 is 0. The summed E-state index contributed by atoms with van der Waals surface area (Å²) in [5.74, 6) is -0.490. The Balaban J connectivity index is 2.28. The first-order chi connectivity index (χ1) is 7.58. The molecule has 0 amide bonds. The molecule has 0 spiro atoms. The largest absolute Gasteiger partial charge is 0.477 e. The van der Waals surface area contributed by atoms with Gasteiger partial charge in [0.15, 0.2) is 5.69 Å². The summed E-state index contributed by atoms with van der Waals surface area (Å²) < 4.78 is 0. The van der Waals surface area contributed by atoms with Crippen molar-refractivity contribution in [1.29, 1.82) is 0 Å². The average molecular weight is 221 g/mol. The summed E-state index contributed by atoms with van der Waals surface area (Å²) in [5.41, 5.74) is 0.752. The van der Waals surface area contributed by atoms with Crippen LogP contribution in [0.2, 0.25) is 0 Å². The fourth-order valence-electron chi connectivity index (χ4n) is 1.76. The lowest BCUT2D eigenvalue weighted by atomic mass is 9.92. The Morgan fingerprint density at radius 2 is 2.19 bits per heavy atom. The zero-order valence-electron chi connectivity index (χ0n) is 9.47. The van der Waals surface area contributed by atoms with E-state index in [1.807, 2.05) is 11.9 Å². The van der Waals surface area contributed by atoms with E-state index in [2.05, 4.69) is 9.97 Å². The number of carboxylic acids is 1. The molecule has 1 N–H and O–H groups in total. The molecular weight excluding hydrogens is 206 g/mol. The van der Waals surface area contributed by atoms with Crippen molar-refractivity contribution in [3.8, 4) is 0 Å². The molecule has 1 saturated carbocycles. The van der Waals surface area contributed by atoms with Gasteiger partial charge in [0.25, 0.3) is 0 Å². The number of carboxylic acid groups (broad SMARTS) is 1. The van der Waals surface area contributed by atoms with Crippen molar-refractivity contribution < 1.29 is 9.90 Å². The summed E-state index contributed by atoms with van der Waals surface area (Å²) in [7, 11) is 1.92. The molecule has 0 bridgehead atoms. The first-order valence-electron chi connectivity index (χ1n) is 5.40. The predicted molar refractivity (Wildman–Crippen MR) is 59.8 cm³/mol. The molecule has 0 aliphatic heterocycles. The average Bonchev–Trinajstić information content (AvgIpc) is 2.13. The minimum absolute atomic E-state index is 0.0636. The Labute approximate surface area is 94.1 Å². The lowest BCUT2D eigenvalue weighted by molar-refractivity contribution is 0.0690. The van der Waals surface area contributed by atoms with Crippen molar-refractivity contribution in [2.45, 2.75) is 32.2 Å². The number of aryl methyl sites for hydroxylation is 1. The number of hydrogen-bond acceptors (Lipinski definition) is 4. The van der Waals surface area contributed by atoms with Gasteiger partial charge in [-0.2, -0.15) is 0 Å². The maximum Gasteiger partial charge on any atom is 0.354 e. The van der Waals surface area contributed by atoms with Crippen LogP contribution in [0.25, 0.3) is 0 Å². The SMILES string of the molecule is Cc1cc(C(=O)O)nc(N(C)C2CCC2)n1. The first kappa shape index (κ1) is 10.9. The van der Waals surface area contributed by atoms with Crippen molar-refractivity contribution in [1.82, 2.24) is 9.97 Å². The molecule has 1 aromatic rings. The van der Waals surface area contributed by atoms with Gasteiger partial charge in [0.05, 0.1) is 0 Å². The first-order valence-corrected chi connectivity index (χ1v) is 5.40. The normalized spacial score (nSPS) is 15.6. The van der Waals surface area contributed by atoms with E-state index < -0.39 is 5.97 Å². The summed E-state index contributed by atoms with van der Waals surface area (Å²) in [6.45, 7) is 1.78. The number of nitrogens with zero attached hydrogens (tertiary/aromatic N) is 3. The van der Waals surface area contributed by atoms with Gasteiger partial charge in [-0.15, -0.1) is 0 Å². The quantitative estimate of drug-likeness (QED) is 0.837. The van der Waals surface area contributed by atoms with E-state index in [4.69, 9.17) is 5.11 Å². The van der Waals surface area contributed by atoms with Crippen LogP contribution in [0, 0.1) is 6.92 Å². The molecule has 2 rings (SSSR count). The van der Waals surface area contributed by atoms with E-state index in [-0.39, 0.29) is 5.69 Å². The van der Waals surface area contributed by atoms with Gasteiger partial charge in [0, 0.05) is 18.8 Å². The number of rotatable bonds is 3. The highest BCUT2D eigenvalue weighted by atomic mass is 16.4. The third kappa shape index (κ3) is 1.98. The maximum absolute atomic E-state index is 10.9. The van der Waals surface area contributed by atoms with Crippen molar-refractivity contribution in [3.63, 3.8) is 0 Å². The van der Waals surface area contributed by atoms with Crippen LogP contribution in [0.1, 0.15) is 35.4 Å². The van der Waals surface area contributed by atoms with E-state index in [1.54, 1.807) is 6.92 Å². The van der Waals surface area contributed by atoms with Crippen molar-refractivity contribution in [2.75, 3.05) is 11.9 Å². The Bertz CT molecular complexity index is 416. The van der Waals surface area contributed by atoms with Gasteiger partial charge in [0.1, 0.15) is 0 Å². The molecule has 1 aliphatic rings. The third-order valence-corrected chi connectivity index (χ3v) is 3.00. The zero-order chi connectivity index (χ0) is 11.7. The van der Waals surface area contributed by atoms with E-state index in [9.17, 15) is 4.79 Å². The van der Waals surface area contributed by atoms with Crippen molar-refractivity contribution in [3.05, 3.63) is 17.5 Å². The Morgan fingerprint density at radius 1 is 1.50 bits per heavy atom. The maximum atomic E-state index is 10.9. The third-order valence-electron chi connectivity index (χ3n) is 3.00. The molecule has 0 radical (unpaired) electrons. The second-order valence-electron chi connectivity index (χ2n) is 4.20. The summed E-state index contributed by atoms with van der Waals surface area (Å²) in [5, 5.41) is 8.92. The monoisotopic (exact) mass is 221 g/mol. The highest BCUT2D eigenvalue weighted by molar-refractivity contribution is 5.85. The zero-order valence-corrected chi connectivity index (χ0v) is 9.47. The van der Waals surface area contributed by atoms with Crippen LogP contribution in [0.4, 0.5) is 5.95 Å². The number of aromatic nitrogens is 2. The predicted octanol–water partition coefficient (Wildman–Crippen LogP) is 1.47. The molecule has 1 fully saturated rings. The number of carbonyl (C=O) groups is 1. The van der Waals surface area contributed by atoms with Gasteiger partial charge < -0.3 is 10.0 Å². The molecule has 1 aliphatic carbocycles. The van der Waals surface area contributed by atoms with Gasteiger partial charge in [0.2, 0.25) is 5.95 Å². The lowest BCUT2D eigenvalue weighted by Gasteiger charge is -2.34. The number of aromatic carboxylic acids is 1. The molecule has 0 saturated heterocycles. The molecule has 1 heterocycles. The minimum atomic E-state index is -1.01. The minimum Gasteiger partial charge on any atom is -0.477 e. The standard InChI is InChI=1S/C11H15N3O2/c1-7-6-9(10(15)16)13-11(12-7)14(2)8-4-3-5-8/h6,8H,3-5H2,1-2H3,(H,15,16). The van der Waals surface area contributed by atoms with Crippen molar-refractivity contribution >= 4 is 11.9 Å². The topological polar surface area (TPSA) is 66.3 Å². The van der Waals surface area contributed by atoms with Crippen LogP contribution in [0.3, 0.4) is 0 Å². The van der Waals surface area contributed by atoms with Crippen LogP contribution < -0.4 is 4.90 Å². The summed E-state index contributed by atoms with van der Waals surface area (Å²) in [6, 6.07) is 1.95. The highest BCUT2D eigenvalue weighted by Gasteiger charge is 2.24. The van der Waals surface area contributed by atoms with Gasteiger partial charge in [-0.05, 0) is 32.3 Å². The molecule has 16 heavy (non-hydrogen) atoms. The van der Waals surface area contributed by atoms with Gasteiger partial charge in [-0.1, -0.05) is 0 Å². The van der Waals surface area contributed by atoms with Gasteiger partial charge in [-0.3, -0.25) is 0 Å². The smallest absolute Gasteiger partial charge is 0.354 e.